The van der Waals surface area contributed by atoms with Gasteiger partial charge in [-0.3, -0.25) is 10.1 Å². The number of β-amino-alcohol motifs (C(OH)–C–C–N with tert-alkyl or cyclic N) is 1. The molecule has 1 aliphatic heterocycles. The zero-order chi connectivity index (χ0) is 14.5. The van der Waals surface area contributed by atoms with Crippen molar-refractivity contribution in [3.63, 3.8) is 0 Å². The average Bonchev–Trinajstić information content (AvgIpc) is 2.58. The lowest BCUT2D eigenvalue weighted by molar-refractivity contribution is -0.192. The number of ether oxygens (including phenoxy) is 1. The molecule has 106 valence electrons. The predicted octanol–water partition coefficient (Wildman–Crippen LogP) is -0.537. The van der Waals surface area contributed by atoms with Crippen LogP contribution in [0.5, 0.6) is 0 Å². The summed E-state index contributed by atoms with van der Waals surface area (Å²) in [5.41, 5.74) is 0. The molecule has 0 bridgehead atoms. The summed E-state index contributed by atoms with van der Waals surface area (Å²) >= 11 is 0. The SMILES string of the molecule is COC(=O)[C@H]1NC[C@H](O)[C@H]1F.O=C(O)C(F)(F)F. The fraction of sp³-hybridized carbons (Fsp3) is 0.750. The molecule has 0 aliphatic carbocycles. The highest BCUT2D eigenvalue weighted by atomic mass is 19.4. The number of carbonyl (C=O) groups excluding carboxylic acids is 1. The van der Waals surface area contributed by atoms with Crippen LogP contribution in [0.3, 0.4) is 0 Å². The van der Waals surface area contributed by atoms with E-state index in [1.54, 1.807) is 0 Å². The van der Waals surface area contributed by atoms with Gasteiger partial charge in [0.25, 0.3) is 0 Å². The Morgan fingerprint density at radius 3 is 2.06 bits per heavy atom. The van der Waals surface area contributed by atoms with E-state index < -0.39 is 36.4 Å². The average molecular weight is 277 g/mol. The van der Waals surface area contributed by atoms with Crippen molar-refractivity contribution in [1.82, 2.24) is 5.32 Å². The van der Waals surface area contributed by atoms with Crippen molar-refractivity contribution in [3.05, 3.63) is 0 Å². The van der Waals surface area contributed by atoms with Gasteiger partial charge in [0.2, 0.25) is 0 Å². The molecular formula is C8H11F4NO5. The normalized spacial score (nSPS) is 27.1. The number of aliphatic carboxylic acids is 1. The van der Waals surface area contributed by atoms with Gasteiger partial charge in [-0.1, -0.05) is 0 Å². The lowest BCUT2D eigenvalue weighted by Gasteiger charge is -2.10. The summed E-state index contributed by atoms with van der Waals surface area (Å²) in [6.45, 7) is 0.0981. The van der Waals surface area contributed by atoms with Gasteiger partial charge in [-0.15, -0.1) is 0 Å². The van der Waals surface area contributed by atoms with Gasteiger partial charge < -0.3 is 14.9 Å². The Bertz CT molecular complexity index is 308. The number of carbonyl (C=O) groups is 2. The molecule has 18 heavy (non-hydrogen) atoms. The molecule has 0 amide bonds. The van der Waals surface area contributed by atoms with E-state index in [-0.39, 0.29) is 6.54 Å². The quantitative estimate of drug-likeness (QED) is 0.440. The van der Waals surface area contributed by atoms with Gasteiger partial charge in [0.1, 0.15) is 6.04 Å². The summed E-state index contributed by atoms with van der Waals surface area (Å²) in [6, 6.07) is -1.00. The van der Waals surface area contributed by atoms with Crippen LogP contribution in [0.1, 0.15) is 0 Å². The molecule has 3 atom stereocenters. The maximum Gasteiger partial charge on any atom is 0.490 e. The Balaban J connectivity index is 0.000000360. The molecule has 0 spiro atoms. The van der Waals surface area contributed by atoms with E-state index in [1.807, 2.05) is 0 Å². The third-order valence-electron chi connectivity index (χ3n) is 1.93. The predicted molar refractivity (Wildman–Crippen MR) is 48.4 cm³/mol. The monoisotopic (exact) mass is 277 g/mol. The van der Waals surface area contributed by atoms with Crippen LogP contribution < -0.4 is 5.32 Å². The minimum absolute atomic E-state index is 0.0981. The van der Waals surface area contributed by atoms with Crippen LogP contribution in [0.2, 0.25) is 0 Å². The maximum absolute atomic E-state index is 12.8. The van der Waals surface area contributed by atoms with Crippen LogP contribution in [0.15, 0.2) is 0 Å². The van der Waals surface area contributed by atoms with Crippen LogP contribution >= 0.6 is 0 Å². The second kappa shape index (κ2) is 6.50. The molecule has 6 nitrogen and oxygen atoms in total. The Morgan fingerprint density at radius 2 is 1.83 bits per heavy atom. The number of alkyl halides is 4. The minimum Gasteiger partial charge on any atom is -0.475 e. The number of hydrogen-bond acceptors (Lipinski definition) is 5. The number of esters is 1. The number of aliphatic hydroxyl groups excluding tert-OH is 1. The standard InChI is InChI=1S/C6H10FNO3.C2HF3O2/c1-11-6(10)5-4(7)3(9)2-8-5;3-2(4,5)1(6)7/h3-5,8-9H,2H2,1H3;(H,6,7)/t3-,4+,5-;/m0./s1. The van der Waals surface area contributed by atoms with Crippen molar-refractivity contribution in [2.75, 3.05) is 13.7 Å². The summed E-state index contributed by atoms with van der Waals surface area (Å²) in [5.74, 6) is -3.43. The number of methoxy groups -OCH3 is 1. The molecule has 0 aromatic carbocycles. The van der Waals surface area contributed by atoms with Crippen molar-refractivity contribution in [1.29, 1.82) is 0 Å². The maximum atomic E-state index is 12.8. The molecule has 0 aromatic heterocycles. The lowest BCUT2D eigenvalue weighted by atomic mass is 10.2. The summed E-state index contributed by atoms with van der Waals surface area (Å²) in [4.78, 5) is 19.6. The Labute approximate surface area is 98.5 Å². The second-order valence-corrected chi connectivity index (χ2v) is 3.22. The molecule has 1 heterocycles. The van der Waals surface area contributed by atoms with Gasteiger partial charge in [0, 0.05) is 6.54 Å². The Kier molecular flexibility index (Phi) is 5.98. The molecule has 0 saturated carbocycles. The van der Waals surface area contributed by atoms with Gasteiger partial charge in [-0.2, -0.15) is 13.2 Å². The van der Waals surface area contributed by atoms with Gasteiger partial charge in [0.05, 0.1) is 13.2 Å². The lowest BCUT2D eigenvalue weighted by Crippen LogP contribution is -2.38. The molecule has 10 heteroatoms. The van der Waals surface area contributed by atoms with Crippen LogP contribution in [0, 0.1) is 0 Å². The van der Waals surface area contributed by atoms with Crippen LogP contribution in [-0.4, -0.2) is 60.3 Å². The number of aliphatic hydroxyl groups is 1. The molecule has 1 aliphatic rings. The fourth-order valence-electron chi connectivity index (χ4n) is 1.04. The van der Waals surface area contributed by atoms with E-state index in [2.05, 4.69) is 10.1 Å². The van der Waals surface area contributed by atoms with Crippen LogP contribution in [-0.2, 0) is 14.3 Å². The van der Waals surface area contributed by atoms with Crippen molar-refractivity contribution in [3.8, 4) is 0 Å². The Morgan fingerprint density at radius 1 is 1.39 bits per heavy atom. The van der Waals surface area contributed by atoms with Gasteiger partial charge in [-0.25, -0.2) is 9.18 Å². The first kappa shape index (κ1) is 16.6. The highest BCUT2D eigenvalue weighted by Gasteiger charge is 2.40. The summed E-state index contributed by atoms with van der Waals surface area (Å²) < 4.78 is 48.8. The third-order valence-corrected chi connectivity index (χ3v) is 1.93. The summed E-state index contributed by atoms with van der Waals surface area (Å²) in [5, 5.41) is 18.5. The molecular weight excluding hydrogens is 266 g/mol. The van der Waals surface area contributed by atoms with E-state index in [1.165, 1.54) is 7.11 Å². The van der Waals surface area contributed by atoms with Crippen molar-refractivity contribution in [2.24, 2.45) is 0 Å². The second-order valence-electron chi connectivity index (χ2n) is 3.22. The van der Waals surface area contributed by atoms with Crippen LogP contribution in [0.25, 0.3) is 0 Å². The van der Waals surface area contributed by atoms with Crippen molar-refractivity contribution in [2.45, 2.75) is 24.5 Å². The number of halogens is 4. The Hall–Kier alpha value is -1.42. The van der Waals surface area contributed by atoms with Crippen LogP contribution in [0.4, 0.5) is 17.6 Å². The topological polar surface area (TPSA) is 95.9 Å². The van der Waals surface area contributed by atoms with E-state index in [4.69, 9.17) is 15.0 Å². The van der Waals surface area contributed by atoms with Gasteiger partial charge >= 0.3 is 18.1 Å². The number of hydrogen-bond donors (Lipinski definition) is 3. The van der Waals surface area contributed by atoms with E-state index in [0.717, 1.165) is 0 Å². The fourth-order valence-corrected chi connectivity index (χ4v) is 1.04. The smallest absolute Gasteiger partial charge is 0.475 e. The largest absolute Gasteiger partial charge is 0.490 e. The first-order chi connectivity index (χ1) is 8.11. The molecule has 0 radical (unpaired) electrons. The molecule has 1 rings (SSSR count). The summed E-state index contributed by atoms with van der Waals surface area (Å²) in [6.07, 6.45) is -7.73. The first-order valence-corrected chi connectivity index (χ1v) is 4.54. The molecule has 1 fully saturated rings. The van der Waals surface area contributed by atoms with E-state index in [0.29, 0.717) is 0 Å². The highest BCUT2D eigenvalue weighted by molar-refractivity contribution is 5.77. The number of nitrogens with one attached hydrogen (secondary N) is 1. The molecule has 3 N–H and O–H groups in total. The first-order valence-electron chi connectivity index (χ1n) is 4.54. The number of rotatable bonds is 1. The van der Waals surface area contributed by atoms with Crippen molar-refractivity contribution >= 4 is 11.9 Å². The molecule has 0 unspecified atom stereocenters. The number of carboxylic acids is 1. The number of carboxylic acid groups (broad SMARTS) is 1. The van der Waals surface area contributed by atoms with E-state index >= 15 is 0 Å². The summed E-state index contributed by atoms with van der Waals surface area (Å²) in [7, 11) is 1.18. The molecule has 1 saturated heterocycles. The zero-order valence-electron chi connectivity index (χ0n) is 9.07. The van der Waals surface area contributed by atoms with Gasteiger partial charge in [0.15, 0.2) is 6.17 Å². The van der Waals surface area contributed by atoms with Gasteiger partial charge in [-0.05, 0) is 0 Å². The zero-order valence-corrected chi connectivity index (χ0v) is 9.07. The minimum atomic E-state index is -5.08. The van der Waals surface area contributed by atoms with Crippen molar-refractivity contribution < 1.29 is 42.1 Å². The highest BCUT2D eigenvalue weighted by Crippen LogP contribution is 2.13. The molecule has 0 aromatic rings. The third kappa shape index (κ3) is 4.84. The van der Waals surface area contributed by atoms with E-state index in [9.17, 15) is 22.4 Å².